The maximum Gasteiger partial charge on any atom is 0.259 e. The van der Waals surface area contributed by atoms with Crippen LogP contribution >= 0.6 is 23.7 Å². The Hall–Kier alpha value is -1.04. The molecule has 6 heteroatoms. The fourth-order valence-corrected chi connectivity index (χ4v) is 3.39. The number of ether oxygens (including phenoxy) is 1. The Morgan fingerprint density at radius 3 is 2.61 bits per heavy atom. The van der Waals surface area contributed by atoms with Crippen molar-refractivity contribution in [2.75, 3.05) is 6.61 Å². The van der Waals surface area contributed by atoms with Gasteiger partial charge in [-0.15, -0.1) is 23.7 Å². The fraction of sp³-hybridized carbons (Fsp3) is 0.588. The van der Waals surface area contributed by atoms with Crippen molar-refractivity contribution in [1.82, 2.24) is 4.57 Å². The van der Waals surface area contributed by atoms with Crippen LogP contribution in [0.15, 0.2) is 16.2 Å². The molecule has 4 nitrogen and oxygen atoms in total. The Morgan fingerprint density at radius 2 is 2.04 bits per heavy atom. The number of nitrogens with zero attached hydrogens (tertiary/aromatic N) is 1. The van der Waals surface area contributed by atoms with E-state index in [0.717, 1.165) is 34.4 Å². The number of fused-ring (bicyclic) bond motifs is 1. The zero-order chi connectivity index (χ0) is 16.3. The fourth-order valence-electron chi connectivity index (χ4n) is 2.49. The molecule has 0 saturated heterocycles. The van der Waals surface area contributed by atoms with Gasteiger partial charge in [-0.25, -0.2) is 0 Å². The van der Waals surface area contributed by atoms with E-state index in [0.29, 0.717) is 19.7 Å². The predicted octanol–water partition coefficient (Wildman–Crippen LogP) is 4.17. The van der Waals surface area contributed by atoms with Crippen LogP contribution in [0.25, 0.3) is 10.1 Å². The van der Waals surface area contributed by atoms with Gasteiger partial charge >= 0.3 is 0 Å². The number of thiophene rings is 1. The first-order valence-corrected chi connectivity index (χ1v) is 8.72. The lowest BCUT2D eigenvalue weighted by molar-refractivity contribution is 0.295. The topological polar surface area (TPSA) is 57.2 Å². The van der Waals surface area contributed by atoms with Crippen LogP contribution in [0.4, 0.5) is 0 Å². The van der Waals surface area contributed by atoms with E-state index in [1.54, 1.807) is 15.9 Å². The van der Waals surface area contributed by atoms with E-state index in [1.165, 1.54) is 0 Å². The maximum atomic E-state index is 12.8. The Kier molecular flexibility index (Phi) is 7.11. The summed E-state index contributed by atoms with van der Waals surface area (Å²) in [4.78, 5) is 12.8. The molecule has 0 atom stereocenters. The average Bonchev–Trinajstić information content (AvgIpc) is 2.92. The molecule has 0 radical (unpaired) electrons. The lowest BCUT2D eigenvalue weighted by Crippen LogP contribution is -2.31. The minimum Gasteiger partial charge on any atom is -0.490 e. The van der Waals surface area contributed by atoms with E-state index >= 15 is 0 Å². The van der Waals surface area contributed by atoms with Gasteiger partial charge in [-0.05, 0) is 23.3 Å². The number of hydrogen-bond donors (Lipinski definition) is 1. The molecule has 0 amide bonds. The first kappa shape index (κ1) is 20.0. The third kappa shape index (κ3) is 4.49. The molecule has 0 aromatic carbocycles. The van der Waals surface area contributed by atoms with E-state index in [9.17, 15) is 4.79 Å². The number of hydrogen-bond acceptors (Lipinski definition) is 4. The first-order chi connectivity index (χ1) is 10.4. The minimum absolute atomic E-state index is 0. The average molecular weight is 359 g/mol. The summed E-state index contributed by atoms with van der Waals surface area (Å²) < 4.78 is 8.75. The van der Waals surface area contributed by atoms with E-state index in [2.05, 4.69) is 27.7 Å². The molecule has 0 fully saturated rings. The highest BCUT2D eigenvalue weighted by atomic mass is 35.5. The molecule has 23 heavy (non-hydrogen) atoms. The second-order valence-corrected chi connectivity index (χ2v) is 7.71. The summed E-state index contributed by atoms with van der Waals surface area (Å²) >= 11 is 1.55. The third-order valence-electron chi connectivity index (χ3n) is 3.51. The van der Waals surface area contributed by atoms with Crippen molar-refractivity contribution in [3.05, 3.63) is 27.5 Å². The zero-order valence-corrected chi connectivity index (χ0v) is 16.0. The van der Waals surface area contributed by atoms with Gasteiger partial charge in [0.25, 0.3) is 5.56 Å². The van der Waals surface area contributed by atoms with Gasteiger partial charge in [0.15, 0.2) is 5.75 Å². The maximum absolute atomic E-state index is 12.8. The van der Waals surface area contributed by atoms with Crippen molar-refractivity contribution in [3.8, 4) is 5.75 Å². The molecule has 0 aliphatic rings. The molecule has 0 unspecified atom stereocenters. The van der Waals surface area contributed by atoms with Crippen LogP contribution in [0, 0.1) is 5.41 Å². The van der Waals surface area contributed by atoms with Crippen LogP contribution in [0.3, 0.4) is 0 Å². The Morgan fingerprint density at radius 1 is 1.35 bits per heavy atom. The van der Waals surface area contributed by atoms with Crippen LogP contribution in [0.1, 0.15) is 46.2 Å². The van der Waals surface area contributed by atoms with E-state index < -0.39 is 0 Å². The molecule has 0 spiro atoms. The molecule has 2 aromatic rings. The van der Waals surface area contributed by atoms with Crippen molar-refractivity contribution in [2.24, 2.45) is 11.1 Å². The second-order valence-electron chi connectivity index (χ2n) is 6.80. The standard InChI is InChI=1S/C17H26N2O2S.ClH/c1-5-6-8-21-14-13(10-18)19(11-17(2,3)4)16(20)12-7-9-22-15(12)14;/h7,9H,5-6,8,10-11,18H2,1-4H3;1H. The summed E-state index contributed by atoms with van der Waals surface area (Å²) in [5.74, 6) is 0.796. The first-order valence-electron chi connectivity index (χ1n) is 7.84. The summed E-state index contributed by atoms with van der Waals surface area (Å²) in [7, 11) is 0. The van der Waals surface area contributed by atoms with E-state index in [4.69, 9.17) is 10.5 Å². The summed E-state index contributed by atoms with van der Waals surface area (Å²) in [6, 6.07) is 1.88. The molecular formula is C17H27ClN2O2S. The van der Waals surface area contributed by atoms with Crippen molar-refractivity contribution in [3.63, 3.8) is 0 Å². The normalized spacial score (nSPS) is 11.5. The Labute approximate surface area is 148 Å². The number of aromatic nitrogens is 1. The van der Waals surface area contributed by atoms with Gasteiger partial charge in [-0.1, -0.05) is 34.1 Å². The molecule has 2 heterocycles. The molecule has 2 aromatic heterocycles. The third-order valence-corrected chi connectivity index (χ3v) is 4.42. The summed E-state index contributed by atoms with van der Waals surface area (Å²) in [5.41, 5.74) is 6.81. The van der Waals surface area contributed by atoms with Gasteiger partial charge < -0.3 is 15.0 Å². The highest BCUT2D eigenvalue weighted by Gasteiger charge is 2.21. The van der Waals surface area contributed by atoms with Crippen LogP contribution in [0.2, 0.25) is 0 Å². The van der Waals surface area contributed by atoms with Crippen LogP contribution in [-0.4, -0.2) is 11.2 Å². The SMILES string of the molecule is CCCCOc1c(CN)n(CC(C)(C)C)c(=O)c2ccsc12.Cl. The second kappa shape index (κ2) is 8.18. The van der Waals surface area contributed by atoms with Crippen molar-refractivity contribution in [1.29, 1.82) is 0 Å². The number of pyridine rings is 1. The summed E-state index contributed by atoms with van der Waals surface area (Å²) in [5, 5.41) is 2.68. The van der Waals surface area contributed by atoms with Crippen LogP contribution < -0.4 is 16.0 Å². The Bertz CT molecular complexity index is 701. The van der Waals surface area contributed by atoms with Gasteiger partial charge in [-0.3, -0.25) is 4.79 Å². The largest absolute Gasteiger partial charge is 0.490 e. The number of rotatable bonds is 6. The number of unbranched alkanes of at least 4 members (excludes halogenated alkanes) is 1. The van der Waals surface area contributed by atoms with Gasteiger partial charge in [-0.2, -0.15) is 0 Å². The van der Waals surface area contributed by atoms with E-state index in [1.807, 2.05) is 11.4 Å². The smallest absolute Gasteiger partial charge is 0.259 e. The molecule has 130 valence electrons. The molecule has 0 aliphatic heterocycles. The molecule has 2 N–H and O–H groups in total. The lowest BCUT2D eigenvalue weighted by atomic mass is 9.96. The highest BCUT2D eigenvalue weighted by molar-refractivity contribution is 7.17. The van der Waals surface area contributed by atoms with Crippen LogP contribution in [-0.2, 0) is 13.1 Å². The van der Waals surface area contributed by atoms with Gasteiger partial charge in [0.05, 0.1) is 22.4 Å². The van der Waals surface area contributed by atoms with Gasteiger partial charge in [0, 0.05) is 13.1 Å². The van der Waals surface area contributed by atoms with E-state index in [-0.39, 0.29) is 23.4 Å². The highest BCUT2D eigenvalue weighted by Crippen LogP contribution is 2.33. The lowest BCUT2D eigenvalue weighted by Gasteiger charge is -2.24. The number of nitrogens with two attached hydrogens (primary N) is 1. The van der Waals surface area contributed by atoms with Crippen molar-refractivity contribution >= 4 is 33.8 Å². The minimum atomic E-state index is -0.00185. The van der Waals surface area contributed by atoms with Gasteiger partial charge in [0.1, 0.15) is 0 Å². The van der Waals surface area contributed by atoms with Crippen molar-refractivity contribution in [2.45, 2.75) is 53.6 Å². The molecule has 2 rings (SSSR count). The Balaban J connectivity index is 0.00000264. The molecule has 0 saturated carbocycles. The van der Waals surface area contributed by atoms with Crippen molar-refractivity contribution < 1.29 is 4.74 Å². The monoisotopic (exact) mass is 358 g/mol. The molecule has 0 aliphatic carbocycles. The van der Waals surface area contributed by atoms with Gasteiger partial charge in [0.2, 0.25) is 0 Å². The number of halogens is 1. The quantitative estimate of drug-likeness (QED) is 0.788. The van der Waals surface area contributed by atoms with Crippen LogP contribution in [0.5, 0.6) is 5.75 Å². The molecular weight excluding hydrogens is 332 g/mol. The summed E-state index contributed by atoms with van der Waals surface area (Å²) in [6.45, 7) is 10.1. The summed E-state index contributed by atoms with van der Waals surface area (Å²) in [6.07, 6.45) is 2.07. The predicted molar refractivity (Wildman–Crippen MR) is 101 cm³/mol. The zero-order valence-electron chi connectivity index (χ0n) is 14.3. The molecule has 0 bridgehead atoms.